The van der Waals surface area contributed by atoms with E-state index in [-0.39, 0.29) is 6.10 Å². The lowest BCUT2D eigenvalue weighted by atomic mass is 10.2. The number of methoxy groups -OCH3 is 1. The van der Waals surface area contributed by atoms with Crippen molar-refractivity contribution in [1.82, 2.24) is 19.9 Å². The second-order valence-corrected chi connectivity index (χ2v) is 5.06. The third-order valence-corrected chi connectivity index (χ3v) is 3.42. The second-order valence-electron chi connectivity index (χ2n) is 5.06. The van der Waals surface area contributed by atoms with E-state index >= 15 is 0 Å². The van der Waals surface area contributed by atoms with Gasteiger partial charge in [0.05, 0.1) is 32.1 Å². The van der Waals surface area contributed by atoms with Crippen LogP contribution in [0.4, 0.5) is 0 Å². The molecule has 1 aromatic rings. The summed E-state index contributed by atoms with van der Waals surface area (Å²) in [7, 11) is 3.43. The summed E-state index contributed by atoms with van der Waals surface area (Å²) in [6, 6.07) is 0. The van der Waals surface area contributed by atoms with Crippen LogP contribution in [-0.2, 0) is 22.4 Å². The van der Waals surface area contributed by atoms with Gasteiger partial charge < -0.3 is 14.4 Å². The lowest BCUT2D eigenvalue weighted by Gasteiger charge is -2.30. The molecule has 1 aliphatic heterocycles. The number of likely N-dealkylation sites (N-methyl/N-ethyl adjacent to an activating group) is 1. The lowest BCUT2D eigenvalue weighted by molar-refractivity contribution is -0.0296. The van der Waals surface area contributed by atoms with Crippen molar-refractivity contribution in [3.63, 3.8) is 0 Å². The van der Waals surface area contributed by atoms with Crippen molar-refractivity contribution in [2.75, 3.05) is 33.9 Å². The molecule has 20 heavy (non-hydrogen) atoms. The average Bonchev–Trinajstić information content (AvgIpc) is 2.82. The number of carbonyl (C=O) groups excluding carboxylic acids is 1. The highest BCUT2D eigenvalue weighted by Crippen LogP contribution is 2.13. The van der Waals surface area contributed by atoms with E-state index in [1.165, 1.54) is 7.11 Å². The summed E-state index contributed by atoms with van der Waals surface area (Å²) in [5.74, 6) is -0.429. The molecule has 1 unspecified atom stereocenters. The Balaban J connectivity index is 2.14. The summed E-state index contributed by atoms with van der Waals surface area (Å²) in [6.45, 7) is 5.21. The number of ether oxygens (including phenoxy) is 2. The van der Waals surface area contributed by atoms with Crippen LogP contribution in [0.15, 0.2) is 0 Å². The number of carbonyl (C=O) groups is 1. The molecule has 0 N–H and O–H groups in total. The quantitative estimate of drug-likeness (QED) is 0.726. The van der Waals surface area contributed by atoms with Crippen LogP contribution in [0.3, 0.4) is 0 Å². The first-order chi connectivity index (χ1) is 9.65. The monoisotopic (exact) mass is 282 g/mol. The SMILES string of the molecule is CCCc1c(C(=O)OC)nnn1CC1CN(C)CCO1. The largest absolute Gasteiger partial charge is 0.464 e. The highest BCUT2D eigenvalue weighted by molar-refractivity contribution is 5.88. The molecule has 2 rings (SSSR count). The van der Waals surface area contributed by atoms with E-state index in [0.717, 1.165) is 38.2 Å². The van der Waals surface area contributed by atoms with E-state index in [1.807, 2.05) is 0 Å². The van der Waals surface area contributed by atoms with Crippen LogP contribution in [0.25, 0.3) is 0 Å². The van der Waals surface area contributed by atoms with Crippen LogP contribution in [0.1, 0.15) is 29.5 Å². The molecule has 1 saturated heterocycles. The van der Waals surface area contributed by atoms with Crippen LogP contribution >= 0.6 is 0 Å². The Bertz CT molecular complexity index is 460. The highest BCUT2D eigenvalue weighted by atomic mass is 16.5. The number of morpholine rings is 1. The van der Waals surface area contributed by atoms with Gasteiger partial charge >= 0.3 is 5.97 Å². The van der Waals surface area contributed by atoms with E-state index in [2.05, 4.69) is 29.2 Å². The van der Waals surface area contributed by atoms with Gasteiger partial charge in [-0.3, -0.25) is 0 Å². The molecule has 2 heterocycles. The molecule has 1 atom stereocenters. The van der Waals surface area contributed by atoms with Crippen LogP contribution in [0.2, 0.25) is 0 Å². The van der Waals surface area contributed by atoms with E-state index in [9.17, 15) is 4.79 Å². The van der Waals surface area contributed by atoms with Gasteiger partial charge in [-0.05, 0) is 13.5 Å². The highest BCUT2D eigenvalue weighted by Gasteiger charge is 2.24. The molecular formula is C13H22N4O3. The zero-order valence-electron chi connectivity index (χ0n) is 12.3. The fraction of sp³-hybridized carbons (Fsp3) is 0.769. The molecule has 0 amide bonds. The predicted molar refractivity (Wildman–Crippen MR) is 72.6 cm³/mol. The Hall–Kier alpha value is -1.47. The number of aromatic nitrogens is 3. The first-order valence-electron chi connectivity index (χ1n) is 6.96. The molecule has 0 aromatic carbocycles. The third-order valence-electron chi connectivity index (χ3n) is 3.42. The van der Waals surface area contributed by atoms with E-state index in [1.54, 1.807) is 4.68 Å². The number of hydrogen-bond acceptors (Lipinski definition) is 6. The zero-order chi connectivity index (χ0) is 14.5. The summed E-state index contributed by atoms with van der Waals surface area (Å²) in [4.78, 5) is 13.9. The standard InChI is InChI=1S/C13H22N4O3/c1-4-5-11-12(13(18)19-3)14-15-17(11)9-10-8-16(2)6-7-20-10/h10H,4-9H2,1-3H3. The molecule has 1 fully saturated rings. The fourth-order valence-corrected chi connectivity index (χ4v) is 2.39. The predicted octanol–water partition coefficient (Wildman–Crippen LogP) is 0.348. The summed E-state index contributed by atoms with van der Waals surface area (Å²) < 4.78 is 12.3. The summed E-state index contributed by atoms with van der Waals surface area (Å²) in [5.41, 5.74) is 1.15. The molecule has 0 radical (unpaired) electrons. The Morgan fingerprint density at radius 3 is 3.00 bits per heavy atom. The van der Waals surface area contributed by atoms with Crippen LogP contribution in [0, 0.1) is 0 Å². The van der Waals surface area contributed by atoms with Crippen LogP contribution in [-0.4, -0.2) is 65.8 Å². The normalized spacial score (nSPS) is 20.1. The molecule has 0 aliphatic carbocycles. The summed E-state index contributed by atoms with van der Waals surface area (Å²) in [6.07, 6.45) is 1.75. The lowest BCUT2D eigenvalue weighted by Crippen LogP contribution is -2.42. The van der Waals surface area contributed by atoms with Crippen LogP contribution in [0.5, 0.6) is 0 Å². The van der Waals surface area contributed by atoms with Gasteiger partial charge in [0, 0.05) is 13.1 Å². The van der Waals surface area contributed by atoms with E-state index in [4.69, 9.17) is 9.47 Å². The summed E-state index contributed by atoms with van der Waals surface area (Å²) >= 11 is 0. The topological polar surface area (TPSA) is 69.5 Å². The van der Waals surface area contributed by atoms with Crippen molar-refractivity contribution in [1.29, 1.82) is 0 Å². The molecule has 0 spiro atoms. The van der Waals surface area contributed by atoms with Gasteiger partial charge in [0.1, 0.15) is 0 Å². The number of rotatable bonds is 5. The van der Waals surface area contributed by atoms with E-state index in [0.29, 0.717) is 12.2 Å². The maximum atomic E-state index is 11.7. The maximum absolute atomic E-state index is 11.7. The average molecular weight is 282 g/mol. The summed E-state index contributed by atoms with van der Waals surface area (Å²) in [5, 5.41) is 8.05. The smallest absolute Gasteiger partial charge is 0.360 e. The molecule has 0 saturated carbocycles. The van der Waals surface area contributed by atoms with Crippen LogP contribution < -0.4 is 0 Å². The Morgan fingerprint density at radius 2 is 2.35 bits per heavy atom. The first kappa shape index (κ1) is 14.9. The number of esters is 1. The minimum atomic E-state index is -0.429. The number of nitrogens with zero attached hydrogens (tertiary/aromatic N) is 4. The maximum Gasteiger partial charge on any atom is 0.360 e. The molecular weight excluding hydrogens is 260 g/mol. The van der Waals surface area contributed by atoms with Gasteiger partial charge in [0.15, 0.2) is 5.69 Å². The zero-order valence-corrected chi connectivity index (χ0v) is 12.3. The van der Waals surface area contributed by atoms with Gasteiger partial charge in [0.25, 0.3) is 0 Å². The molecule has 1 aromatic heterocycles. The number of hydrogen-bond donors (Lipinski definition) is 0. The molecule has 7 nitrogen and oxygen atoms in total. The van der Waals surface area contributed by atoms with Crippen molar-refractivity contribution < 1.29 is 14.3 Å². The Morgan fingerprint density at radius 1 is 1.55 bits per heavy atom. The molecule has 1 aliphatic rings. The van der Waals surface area contributed by atoms with Crippen molar-refractivity contribution >= 4 is 5.97 Å². The van der Waals surface area contributed by atoms with Crippen molar-refractivity contribution in [3.05, 3.63) is 11.4 Å². The third kappa shape index (κ3) is 3.34. The minimum Gasteiger partial charge on any atom is -0.464 e. The van der Waals surface area contributed by atoms with Gasteiger partial charge in [0.2, 0.25) is 0 Å². The molecule has 112 valence electrons. The van der Waals surface area contributed by atoms with Gasteiger partial charge in [-0.25, -0.2) is 9.48 Å². The van der Waals surface area contributed by atoms with Crippen molar-refractivity contribution in [2.45, 2.75) is 32.4 Å². The van der Waals surface area contributed by atoms with Crippen molar-refractivity contribution in [2.24, 2.45) is 0 Å². The second kappa shape index (κ2) is 6.81. The van der Waals surface area contributed by atoms with Gasteiger partial charge in [-0.15, -0.1) is 5.10 Å². The van der Waals surface area contributed by atoms with Gasteiger partial charge in [-0.1, -0.05) is 18.6 Å². The first-order valence-corrected chi connectivity index (χ1v) is 6.96. The minimum absolute atomic E-state index is 0.0801. The van der Waals surface area contributed by atoms with Gasteiger partial charge in [-0.2, -0.15) is 0 Å². The Labute approximate surface area is 118 Å². The van der Waals surface area contributed by atoms with Crippen molar-refractivity contribution in [3.8, 4) is 0 Å². The molecule has 0 bridgehead atoms. The Kier molecular flexibility index (Phi) is 5.08. The fourth-order valence-electron chi connectivity index (χ4n) is 2.39. The molecule has 7 heteroatoms. The van der Waals surface area contributed by atoms with E-state index < -0.39 is 5.97 Å².